The maximum Gasteiger partial charge on any atom is 0.191 e. The molecule has 150 valence electrons. The Balaban J connectivity index is 0.00000625. The SMILES string of the molecule is CCN(CC)C(C)CNC(=NC)NCCCOC(C)c1ccccc1.I. The molecule has 0 saturated heterocycles. The Morgan fingerprint density at radius 1 is 1.12 bits per heavy atom. The highest BCUT2D eigenvalue weighted by Gasteiger charge is 2.10. The molecule has 2 N–H and O–H groups in total. The van der Waals surface area contributed by atoms with Gasteiger partial charge in [-0.3, -0.25) is 9.89 Å². The molecule has 0 spiro atoms. The van der Waals surface area contributed by atoms with Crippen molar-refractivity contribution >= 4 is 29.9 Å². The molecule has 0 aliphatic heterocycles. The van der Waals surface area contributed by atoms with Gasteiger partial charge in [0.2, 0.25) is 0 Å². The summed E-state index contributed by atoms with van der Waals surface area (Å²) in [6.45, 7) is 13.3. The van der Waals surface area contributed by atoms with Gasteiger partial charge in [0.15, 0.2) is 5.96 Å². The number of hydrogen-bond acceptors (Lipinski definition) is 3. The van der Waals surface area contributed by atoms with Crippen LogP contribution in [0.5, 0.6) is 0 Å². The molecule has 6 heteroatoms. The van der Waals surface area contributed by atoms with Crippen LogP contribution < -0.4 is 10.6 Å². The van der Waals surface area contributed by atoms with E-state index in [1.165, 1.54) is 5.56 Å². The highest BCUT2D eigenvalue weighted by atomic mass is 127. The second kappa shape index (κ2) is 15.2. The first-order chi connectivity index (χ1) is 12.1. The summed E-state index contributed by atoms with van der Waals surface area (Å²) in [7, 11) is 1.81. The van der Waals surface area contributed by atoms with Crippen LogP contribution in [0, 0.1) is 0 Å². The van der Waals surface area contributed by atoms with Gasteiger partial charge in [-0.2, -0.15) is 0 Å². The van der Waals surface area contributed by atoms with Gasteiger partial charge in [-0.1, -0.05) is 44.2 Å². The Morgan fingerprint density at radius 2 is 1.77 bits per heavy atom. The maximum absolute atomic E-state index is 5.90. The molecule has 5 nitrogen and oxygen atoms in total. The number of halogens is 1. The molecule has 26 heavy (non-hydrogen) atoms. The fourth-order valence-corrected chi connectivity index (χ4v) is 2.80. The lowest BCUT2D eigenvalue weighted by molar-refractivity contribution is 0.0646. The fourth-order valence-electron chi connectivity index (χ4n) is 2.80. The Bertz CT molecular complexity index is 480. The van der Waals surface area contributed by atoms with Crippen LogP contribution >= 0.6 is 24.0 Å². The summed E-state index contributed by atoms with van der Waals surface area (Å²) in [4.78, 5) is 6.72. The summed E-state index contributed by atoms with van der Waals surface area (Å²) in [5.41, 5.74) is 1.22. The van der Waals surface area contributed by atoms with Gasteiger partial charge in [0.25, 0.3) is 0 Å². The summed E-state index contributed by atoms with van der Waals surface area (Å²) >= 11 is 0. The van der Waals surface area contributed by atoms with Crippen LogP contribution in [-0.2, 0) is 4.74 Å². The van der Waals surface area contributed by atoms with Crippen molar-refractivity contribution in [2.24, 2.45) is 4.99 Å². The van der Waals surface area contributed by atoms with E-state index in [1.807, 2.05) is 25.2 Å². The van der Waals surface area contributed by atoms with E-state index in [1.54, 1.807) is 0 Å². The summed E-state index contributed by atoms with van der Waals surface area (Å²) in [5.74, 6) is 0.857. The molecule has 0 amide bonds. The molecule has 2 atom stereocenters. The van der Waals surface area contributed by atoms with Gasteiger partial charge >= 0.3 is 0 Å². The van der Waals surface area contributed by atoms with Gasteiger partial charge in [0, 0.05) is 32.8 Å². The van der Waals surface area contributed by atoms with Crippen LogP contribution in [0.4, 0.5) is 0 Å². The standard InChI is InChI=1S/C20H36N4O.HI/c1-6-24(7-2)17(3)16-23-20(21-5)22-14-11-15-25-18(4)19-12-9-8-10-13-19;/h8-10,12-13,17-18H,6-7,11,14-16H2,1-5H3,(H2,21,22,23);1H. The second-order valence-electron chi connectivity index (χ2n) is 6.23. The van der Waals surface area contributed by atoms with Crippen LogP contribution in [0.3, 0.4) is 0 Å². The number of hydrogen-bond donors (Lipinski definition) is 2. The highest BCUT2D eigenvalue weighted by Crippen LogP contribution is 2.15. The first-order valence-electron chi connectivity index (χ1n) is 9.47. The van der Waals surface area contributed by atoms with Crippen molar-refractivity contribution in [2.45, 2.75) is 46.3 Å². The van der Waals surface area contributed by atoms with Gasteiger partial charge in [0.1, 0.15) is 0 Å². The highest BCUT2D eigenvalue weighted by molar-refractivity contribution is 14.0. The molecule has 0 aliphatic rings. The van der Waals surface area contributed by atoms with Crippen molar-refractivity contribution in [3.05, 3.63) is 35.9 Å². The molecule has 0 aliphatic carbocycles. The average Bonchev–Trinajstić information content (AvgIpc) is 2.65. The van der Waals surface area contributed by atoms with E-state index in [4.69, 9.17) is 4.74 Å². The topological polar surface area (TPSA) is 48.9 Å². The summed E-state index contributed by atoms with van der Waals surface area (Å²) in [6, 6.07) is 10.8. The molecule has 0 aromatic heterocycles. The predicted molar refractivity (Wildman–Crippen MR) is 123 cm³/mol. The largest absolute Gasteiger partial charge is 0.374 e. The number of guanidine groups is 1. The Kier molecular flexibility index (Phi) is 14.7. The van der Waals surface area contributed by atoms with Gasteiger partial charge in [0.05, 0.1) is 6.10 Å². The lowest BCUT2D eigenvalue weighted by atomic mass is 10.1. The molecule has 1 aromatic rings. The summed E-state index contributed by atoms with van der Waals surface area (Å²) < 4.78 is 5.90. The van der Waals surface area contributed by atoms with Crippen molar-refractivity contribution < 1.29 is 4.74 Å². The number of nitrogens with one attached hydrogen (secondary N) is 2. The van der Waals surface area contributed by atoms with Gasteiger partial charge in [-0.25, -0.2) is 0 Å². The molecule has 0 heterocycles. The van der Waals surface area contributed by atoms with Crippen LogP contribution in [0.15, 0.2) is 35.3 Å². The monoisotopic (exact) mass is 476 g/mol. The number of likely N-dealkylation sites (N-methyl/N-ethyl adjacent to an activating group) is 1. The molecule has 0 saturated carbocycles. The summed E-state index contributed by atoms with van der Waals surface area (Å²) in [6.07, 6.45) is 1.08. The zero-order valence-electron chi connectivity index (χ0n) is 17.0. The number of aliphatic imine (C=N–C) groups is 1. The van der Waals surface area contributed by atoms with E-state index >= 15 is 0 Å². The first-order valence-corrected chi connectivity index (χ1v) is 9.47. The third-order valence-electron chi connectivity index (χ3n) is 4.47. The van der Waals surface area contributed by atoms with E-state index in [0.717, 1.165) is 45.2 Å². The number of ether oxygens (including phenoxy) is 1. The number of nitrogens with zero attached hydrogens (tertiary/aromatic N) is 2. The molecule has 1 rings (SSSR count). The van der Waals surface area contributed by atoms with Crippen molar-refractivity contribution in [2.75, 3.05) is 39.8 Å². The third-order valence-corrected chi connectivity index (χ3v) is 4.47. The zero-order valence-corrected chi connectivity index (χ0v) is 19.3. The van der Waals surface area contributed by atoms with E-state index < -0.39 is 0 Å². The van der Waals surface area contributed by atoms with Gasteiger partial charge < -0.3 is 15.4 Å². The Labute approximate surface area is 177 Å². The molecule has 0 radical (unpaired) electrons. The summed E-state index contributed by atoms with van der Waals surface area (Å²) in [5, 5.41) is 6.75. The minimum Gasteiger partial charge on any atom is -0.374 e. The molecule has 1 aromatic carbocycles. The smallest absolute Gasteiger partial charge is 0.191 e. The van der Waals surface area contributed by atoms with E-state index in [0.29, 0.717) is 6.04 Å². The molecule has 0 fully saturated rings. The molecular formula is C20H37IN4O. The quantitative estimate of drug-likeness (QED) is 0.222. The predicted octanol–water partition coefficient (Wildman–Crippen LogP) is 3.67. The average molecular weight is 476 g/mol. The van der Waals surface area contributed by atoms with Crippen molar-refractivity contribution in [1.82, 2.24) is 15.5 Å². The molecule has 2 unspecified atom stereocenters. The second-order valence-corrected chi connectivity index (χ2v) is 6.23. The van der Waals surface area contributed by atoms with E-state index in [-0.39, 0.29) is 30.1 Å². The van der Waals surface area contributed by atoms with Crippen molar-refractivity contribution in [1.29, 1.82) is 0 Å². The fraction of sp³-hybridized carbons (Fsp3) is 0.650. The van der Waals surface area contributed by atoms with E-state index in [2.05, 4.69) is 60.4 Å². The minimum atomic E-state index is 0. The normalized spacial score (nSPS) is 13.8. The Morgan fingerprint density at radius 3 is 2.35 bits per heavy atom. The van der Waals surface area contributed by atoms with Crippen LogP contribution in [-0.4, -0.2) is 56.7 Å². The molecular weight excluding hydrogens is 439 g/mol. The number of benzene rings is 1. The van der Waals surface area contributed by atoms with Crippen LogP contribution in [0.1, 0.15) is 45.8 Å². The van der Waals surface area contributed by atoms with E-state index in [9.17, 15) is 0 Å². The maximum atomic E-state index is 5.90. The van der Waals surface area contributed by atoms with Gasteiger partial charge in [-0.15, -0.1) is 24.0 Å². The van der Waals surface area contributed by atoms with Crippen molar-refractivity contribution in [3.63, 3.8) is 0 Å². The van der Waals surface area contributed by atoms with Crippen LogP contribution in [0.25, 0.3) is 0 Å². The Hall–Kier alpha value is -0.860. The zero-order chi connectivity index (χ0) is 18.5. The number of rotatable bonds is 11. The lowest BCUT2D eigenvalue weighted by Crippen LogP contribution is -2.46. The lowest BCUT2D eigenvalue weighted by Gasteiger charge is -2.27. The van der Waals surface area contributed by atoms with Crippen molar-refractivity contribution in [3.8, 4) is 0 Å². The first kappa shape index (κ1) is 25.1. The van der Waals surface area contributed by atoms with Gasteiger partial charge in [-0.05, 0) is 38.9 Å². The van der Waals surface area contributed by atoms with Crippen LogP contribution in [0.2, 0.25) is 0 Å². The minimum absolute atomic E-state index is 0. The third kappa shape index (κ3) is 9.73. The molecule has 0 bridgehead atoms.